The molecule has 0 spiro atoms. The average molecular weight is 508 g/mol. The molecule has 3 aliphatic carbocycles. The van der Waals surface area contributed by atoms with E-state index >= 15 is 0 Å². The van der Waals surface area contributed by atoms with Gasteiger partial charge in [-0.3, -0.25) is 19.3 Å². The molecular weight excluding hydrogens is 462 g/mol. The standard InChI is InChI=1S/C31H45N3O3/c1-21(2)30(36)29(22-8-4-3-5-9-22)32-31(37)24-11-6-10-23(18-24)25-12-7-17-33(19-25)28(35)20-34(26-13-14-26)27-15-16-27/h6,10-11,18,21-22,25-27,29H,3-5,7-9,12-17,19-20H2,1-2H3,(H,32,37)/t25?,29-/m1/s1. The molecule has 2 amide bonds. The Morgan fingerprint density at radius 3 is 2.30 bits per heavy atom. The number of amides is 2. The van der Waals surface area contributed by atoms with Crippen LogP contribution in [0.25, 0.3) is 0 Å². The molecule has 5 rings (SSSR count). The molecule has 1 N–H and O–H groups in total. The minimum Gasteiger partial charge on any atom is -0.342 e. The third-order valence-corrected chi connectivity index (χ3v) is 9.03. The zero-order valence-electron chi connectivity index (χ0n) is 22.8. The Morgan fingerprint density at radius 2 is 1.65 bits per heavy atom. The zero-order chi connectivity index (χ0) is 25.9. The van der Waals surface area contributed by atoms with Crippen molar-refractivity contribution < 1.29 is 14.4 Å². The molecule has 37 heavy (non-hydrogen) atoms. The van der Waals surface area contributed by atoms with Crippen LogP contribution in [0.3, 0.4) is 0 Å². The van der Waals surface area contributed by atoms with Crippen molar-refractivity contribution in [2.45, 2.75) is 109 Å². The van der Waals surface area contributed by atoms with E-state index in [0.717, 1.165) is 57.2 Å². The van der Waals surface area contributed by atoms with Crippen molar-refractivity contribution in [2.24, 2.45) is 11.8 Å². The van der Waals surface area contributed by atoms with Crippen LogP contribution < -0.4 is 5.32 Å². The summed E-state index contributed by atoms with van der Waals surface area (Å²) in [6.45, 7) is 5.98. The van der Waals surface area contributed by atoms with Gasteiger partial charge in [0.2, 0.25) is 5.91 Å². The maximum atomic E-state index is 13.4. The lowest BCUT2D eigenvalue weighted by Gasteiger charge is -2.35. The van der Waals surface area contributed by atoms with E-state index < -0.39 is 6.04 Å². The largest absolute Gasteiger partial charge is 0.342 e. The third kappa shape index (κ3) is 6.63. The topological polar surface area (TPSA) is 69.7 Å². The minimum atomic E-state index is -0.403. The summed E-state index contributed by atoms with van der Waals surface area (Å²) in [5.41, 5.74) is 1.74. The molecule has 1 heterocycles. The number of benzene rings is 1. The lowest BCUT2D eigenvalue weighted by Crippen LogP contribution is -2.48. The van der Waals surface area contributed by atoms with Gasteiger partial charge in [-0.2, -0.15) is 0 Å². The van der Waals surface area contributed by atoms with Crippen LogP contribution in [0.1, 0.15) is 106 Å². The number of carbonyl (C=O) groups is 3. The molecule has 6 nitrogen and oxygen atoms in total. The third-order valence-electron chi connectivity index (χ3n) is 9.03. The summed E-state index contributed by atoms with van der Waals surface area (Å²) < 4.78 is 0. The van der Waals surface area contributed by atoms with Crippen LogP contribution in [0.15, 0.2) is 24.3 Å². The highest BCUT2D eigenvalue weighted by molar-refractivity contribution is 5.98. The predicted molar refractivity (Wildman–Crippen MR) is 145 cm³/mol. The average Bonchev–Trinajstić information content (AvgIpc) is 3.85. The van der Waals surface area contributed by atoms with Crippen molar-refractivity contribution >= 4 is 17.6 Å². The SMILES string of the molecule is CC(C)C(=O)[C@H](NC(=O)c1cccc(C2CCCN(C(=O)CN(C3CC3)C3CC3)C2)c1)C1CCCCC1. The molecule has 4 aliphatic rings. The van der Waals surface area contributed by atoms with Gasteiger partial charge in [0.1, 0.15) is 0 Å². The van der Waals surface area contributed by atoms with Crippen molar-refractivity contribution in [3.8, 4) is 0 Å². The smallest absolute Gasteiger partial charge is 0.251 e. The molecule has 2 atom stereocenters. The number of Topliss-reactive ketones (excluding diaryl/α,β-unsaturated/α-hetero) is 1. The van der Waals surface area contributed by atoms with Gasteiger partial charge in [-0.05, 0) is 75.0 Å². The van der Waals surface area contributed by atoms with E-state index in [2.05, 4.69) is 21.2 Å². The molecule has 202 valence electrons. The molecule has 1 unspecified atom stereocenters. The van der Waals surface area contributed by atoms with Crippen molar-refractivity contribution in [1.29, 1.82) is 0 Å². The van der Waals surface area contributed by atoms with Gasteiger partial charge in [0.25, 0.3) is 5.91 Å². The van der Waals surface area contributed by atoms with E-state index in [-0.39, 0.29) is 35.4 Å². The number of likely N-dealkylation sites (tertiary alicyclic amines) is 1. The molecule has 1 aromatic rings. The van der Waals surface area contributed by atoms with Crippen molar-refractivity contribution in [2.75, 3.05) is 19.6 Å². The van der Waals surface area contributed by atoms with Gasteiger partial charge >= 0.3 is 0 Å². The Labute approximate surface area is 222 Å². The lowest BCUT2D eigenvalue weighted by molar-refractivity contribution is -0.134. The number of nitrogens with zero attached hydrogens (tertiary/aromatic N) is 2. The van der Waals surface area contributed by atoms with Crippen molar-refractivity contribution in [3.63, 3.8) is 0 Å². The quantitative estimate of drug-likeness (QED) is 0.488. The highest BCUT2D eigenvalue weighted by Crippen LogP contribution is 2.37. The van der Waals surface area contributed by atoms with Crippen LogP contribution in [0.2, 0.25) is 0 Å². The Kier molecular flexibility index (Phi) is 8.33. The first-order chi connectivity index (χ1) is 17.9. The number of hydrogen-bond acceptors (Lipinski definition) is 4. The lowest BCUT2D eigenvalue weighted by atomic mass is 9.80. The van der Waals surface area contributed by atoms with E-state index in [1.807, 2.05) is 32.0 Å². The fourth-order valence-electron chi connectivity index (χ4n) is 6.51. The summed E-state index contributed by atoms with van der Waals surface area (Å²) in [6, 6.07) is 8.75. The van der Waals surface area contributed by atoms with Crippen LogP contribution in [-0.2, 0) is 9.59 Å². The fourth-order valence-corrected chi connectivity index (χ4v) is 6.51. The van der Waals surface area contributed by atoms with Crippen LogP contribution in [-0.4, -0.2) is 65.2 Å². The summed E-state index contributed by atoms with van der Waals surface area (Å²) in [7, 11) is 0. The molecule has 6 heteroatoms. The molecule has 1 aliphatic heterocycles. The normalized spacial score (nSPS) is 23.8. The van der Waals surface area contributed by atoms with Gasteiger partial charge in [-0.25, -0.2) is 0 Å². The van der Waals surface area contributed by atoms with Crippen LogP contribution in [0, 0.1) is 11.8 Å². The monoisotopic (exact) mass is 507 g/mol. The Hall–Kier alpha value is -2.21. The van der Waals surface area contributed by atoms with E-state index in [4.69, 9.17) is 0 Å². The second kappa shape index (κ2) is 11.7. The molecule has 1 aromatic carbocycles. The van der Waals surface area contributed by atoms with Gasteiger partial charge in [0, 0.05) is 42.6 Å². The molecule has 1 saturated heterocycles. The molecular formula is C31H45N3O3. The Bertz CT molecular complexity index is 966. The van der Waals surface area contributed by atoms with Crippen LogP contribution >= 0.6 is 0 Å². The number of piperidine rings is 1. The summed E-state index contributed by atoms with van der Waals surface area (Å²) in [4.78, 5) is 44.1. The molecule has 3 saturated carbocycles. The van der Waals surface area contributed by atoms with E-state index in [1.54, 1.807) is 0 Å². The number of ketones is 1. The van der Waals surface area contributed by atoms with Crippen molar-refractivity contribution in [1.82, 2.24) is 15.1 Å². The van der Waals surface area contributed by atoms with Crippen molar-refractivity contribution in [3.05, 3.63) is 35.4 Å². The summed E-state index contributed by atoms with van der Waals surface area (Å²) in [6.07, 6.45) is 12.5. The fraction of sp³-hybridized carbons (Fsp3) is 0.710. The predicted octanol–water partition coefficient (Wildman–Crippen LogP) is 4.92. The van der Waals surface area contributed by atoms with Crippen LogP contribution in [0.4, 0.5) is 0 Å². The maximum Gasteiger partial charge on any atom is 0.251 e. The number of carbonyl (C=O) groups excluding carboxylic acids is 3. The number of hydrogen-bond donors (Lipinski definition) is 1. The first kappa shape index (κ1) is 26.4. The van der Waals surface area contributed by atoms with Gasteiger partial charge in [-0.15, -0.1) is 0 Å². The first-order valence-corrected chi connectivity index (χ1v) is 14.9. The van der Waals surface area contributed by atoms with E-state index in [1.165, 1.54) is 32.1 Å². The van der Waals surface area contributed by atoms with Gasteiger partial charge in [0.15, 0.2) is 5.78 Å². The number of nitrogens with one attached hydrogen (secondary N) is 1. The van der Waals surface area contributed by atoms with Crippen LogP contribution in [0.5, 0.6) is 0 Å². The molecule has 4 fully saturated rings. The Balaban J connectivity index is 1.23. The second-order valence-electron chi connectivity index (χ2n) is 12.3. The molecule has 0 aromatic heterocycles. The maximum absolute atomic E-state index is 13.4. The van der Waals surface area contributed by atoms with E-state index in [9.17, 15) is 14.4 Å². The zero-order valence-corrected chi connectivity index (χ0v) is 22.8. The second-order valence-corrected chi connectivity index (χ2v) is 12.3. The summed E-state index contributed by atoms with van der Waals surface area (Å²) in [5, 5.41) is 3.14. The van der Waals surface area contributed by atoms with Gasteiger partial charge in [-0.1, -0.05) is 45.2 Å². The highest BCUT2D eigenvalue weighted by Gasteiger charge is 2.41. The van der Waals surface area contributed by atoms with E-state index in [0.29, 0.717) is 24.2 Å². The summed E-state index contributed by atoms with van der Waals surface area (Å²) in [5.74, 6) is 0.635. The summed E-state index contributed by atoms with van der Waals surface area (Å²) >= 11 is 0. The van der Waals surface area contributed by atoms with Gasteiger partial charge < -0.3 is 10.2 Å². The number of rotatable bonds is 10. The minimum absolute atomic E-state index is 0.0972. The van der Waals surface area contributed by atoms with Gasteiger partial charge in [0.05, 0.1) is 12.6 Å². The molecule has 0 radical (unpaired) electrons. The molecule has 0 bridgehead atoms. The first-order valence-electron chi connectivity index (χ1n) is 14.9. The highest BCUT2D eigenvalue weighted by atomic mass is 16.2. The Morgan fingerprint density at radius 1 is 0.946 bits per heavy atom.